The Balaban J connectivity index is 2.05. The van der Waals surface area contributed by atoms with Crippen LogP contribution < -0.4 is 10.6 Å². The van der Waals surface area contributed by atoms with Gasteiger partial charge in [0.15, 0.2) is 0 Å². The van der Waals surface area contributed by atoms with Crippen LogP contribution in [-0.4, -0.2) is 11.8 Å². The molecule has 2 rings (SSSR count). The van der Waals surface area contributed by atoms with Crippen LogP contribution in [0.2, 0.25) is 0 Å². The second-order valence-electron chi connectivity index (χ2n) is 5.12. The highest BCUT2D eigenvalue weighted by atomic mass is 16.2. The van der Waals surface area contributed by atoms with Crippen LogP contribution in [0.1, 0.15) is 31.7 Å². The van der Waals surface area contributed by atoms with Crippen molar-refractivity contribution in [3.05, 3.63) is 60.2 Å². The van der Waals surface area contributed by atoms with Crippen molar-refractivity contribution in [2.75, 3.05) is 10.6 Å². The molecule has 0 spiro atoms. The molecule has 2 aromatic rings. The average Bonchev–Trinajstić information content (AvgIpc) is 2.50. The van der Waals surface area contributed by atoms with Gasteiger partial charge in [0.25, 0.3) is 0 Å². The zero-order valence-corrected chi connectivity index (χ0v) is 12.8. The number of anilines is 2. The van der Waals surface area contributed by atoms with Crippen molar-refractivity contribution in [2.45, 2.75) is 26.2 Å². The van der Waals surface area contributed by atoms with Crippen LogP contribution >= 0.6 is 0 Å². The van der Waals surface area contributed by atoms with Crippen LogP contribution in [0.25, 0.3) is 0 Å². The second kappa shape index (κ2) is 7.41. The van der Waals surface area contributed by atoms with E-state index in [4.69, 9.17) is 0 Å². The lowest BCUT2D eigenvalue weighted by Crippen LogP contribution is -2.20. The van der Waals surface area contributed by atoms with E-state index >= 15 is 0 Å². The summed E-state index contributed by atoms with van der Waals surface area (Å²) in [4.78, 5) is 23.4. The van der Waals surface area contributed by atoms with Gasteiger partial charge in [-0.15, -0.1) is 0 Å². The van der Waals surface area contributed by atoms with Crippen molar-refractivity contribution >= 4 is 23.2 Å². The summed E-state index contributed by atoms with van der Waals surface area (Å²) >= 11 is 0. The van der Waals surface area contributed by atoms with E-state index in [1.807, 2.05) is 37.3 Å². The summed E-state index contributed by atoms with van der Waals surface area (Å²) in [5.74, 6) is -0.316. The summed E-state index contributed by atoms with van der Waals surface area (Å²) in [5.41, 5.74) is 2.44. The third-order valence-corrected chi connectivity index (χ3v) is 3.40. The largest absolute Gasteiger partial charge is 0.326 e. The Bertz CT molecular complexity index is 636. The van der Waals surface area contributed by atoms with E-state index in [1.165, 1.54) is 6.92 Å². The van der Waals surface area contributed by atoms with Gasteiger partial charge in [-0.05, 0) is 36.2 Å². The number of carbonyl (C=O) groups is 2. The van der Waals surface area contributed by atoms with E-state index < -0.39 is 0 Å². The molecule has 2 N–H and O–H groups in total. The molecule has 0 bridgehead atoms. The van der Waals surface area contributed by atoms with Gasteiger partial charge < -0.3 is 10.6 Å². The number of rotatable bonds is 5. The van der Waals surface area contributed by atoms with Gasteiger partial charge in [-0.3, -0.25) is 9.59 Å². The highest BCUT2D eigenvalue weighted by molar-refractivity contribution is 5.96. The summed E-state index contributed by atoms with van der Waals surface area (Å²) < 4.78 is 0. The summed E-state index contributed by atoms with van der Waals surface area (Å²) in [5, 5.41) is 5.61. The van der Waals surface area contributed by atoms with E-state index in [9.17, 15) is 9.59 Å². The van der Waals surface area contributed by atoms with Crippen LogP contribution in [0.15, 0.2) is 54.6 Å². The number of benzene rings is 2. The topological polar surface area (TPSA) is 58.2 Å². The Morgan fingerprint density at radius 3 is 1.95 bits per heavy atom. The highest BCUT2D eigenvalue weighted by Gasteiger charge is 2.18. The van der Waals surface area contributed by atoms with Crippen LogP contribution in [0.4, 0.5) is 11.4 Å². The SMILES string of the molecule is CC[C@H](C(=O)Nc1ccc(NC(C)=O)cc1)c1ccccc1. The molecule has 4 heteroatoms. The van der Waals surface area contributed by atoms with E-state index in [-0.39, 0.29) is 17.7 Å². The smallest absolute Gasteiger partial charge is 0.231 e. The molecule has 2 aromatic carbocycles. The molecular formula is C18H20N2O2. The minimum atomic E-state index is -0.170. The molecule has 0 aromatic heterocycles. The minimum Gasteiger partial charge on any atom is -0.326 e. The van der Waals surface area contributed by atoms with Crippen LogP contribution in [0, 0.1) is 0 Å². The van der Waals surface area contributed by atoms with Crippen LogP contribution in [0.5, 0.6) is 0 Å². The third kappa shape index (κ3) is 4.19. The predicted molar refractivity (Wildman–Crippen MR) is 88.8 cm³/mol. The molecule has 22 heavy (non-hydrogen) atoms. The zero-order chi connectivity index (χ0) is 15.9. The number of amides is 2. The second-order valence-corrected chi connectivity index (χ2v) is 5.12. The lowest BCUT2D eigenvalue weighted by atomic mass is 9.95. The maximum atomic E-state index is 12.4. The zero-order valence-electron chi connectivity index (χ0n) is 12.8. The summed E-state index contributed by atoms with van der Waals surface area (Å²) in [6.07, 6.45) is 0.736. The predicted octanol–water partition coefficient (Wildman–Crippen LogP) is 3.78. The van der Waals surface area contributed by atoms with Crippen molar-refractivity contribution in [1.82, 2.24) is 0 Å². The Hall–Kier alpha value is -2.62. The summed E-state index contributed by atoms with van der Waals surface area (Å²) in [6, 6.07) is 16.8. The van der Waals surface area contributed by atoms with Gasteiger partial charge in [0, 0.05) is 18.3 Å². The van der Waals surface area contributed by atoms with E-state index in [0.29, 0.717) is 11.4 Å². The Morgan fingerprint density at radius 2 is 1.45 bits per heavy atom. The molecular weight excluding hydrogens is 276 g/mol. The molecule has 1 atom stereocenters. The molecule has 0 unspecified atom stereocenters. The van der Waals surface area contributed by atoms with Gasteiger partial charge in [-0.1, -0.05) is 37.3 Å². The normalized spacial score (nSPS) is 11.5. The van der Waals surface area contributed by atoms with Crippen molar-refractivity contribution in [2.24, 2.45) is 0 Å². The van der Waals surface area contributed by atoms with Crippen molar-refractivity contribution < 1.29 is 9.59 Å². The van der Waals surface area contributed by atoms with Gasteiger partial charge in [0.1, 0.15) is 0 Å². The maximum Gasteiger partial charge on any atom is 0.231 e. The molecule has 0 saturated heterocycles. The van der Waals surface area contributed by atoms with Gasteiger partial charge in [0.2, 0.25) is 11.8 Å². The van der Waals surface area contributed by atoms with E-state index in [0.717, 1.165) is 12.0 Å². The molecule has 2 amide bonds. The Morgan fingerprint density at radius 1 is 0.909 bits per heavy atom. The molecule has 0 aliphatic rings. The molecule has 0 aliphatic heterocycles. The standard InChI is InChI=1S/C18H20N2O2/c1-3-17(14-7-5-4-6-8-14)18(22)20-16-11-9-15(10-12-16)19-13(2)21/h4-12,17H,3H2,1-2H3,(H,19,21)(H,20,22)/t17-/m0/s1. The summed E-state index contributed by atoms with van der Waals surface area (Å²) in [7, 11) is 0. The van der Waals surface area contributed by atoms with E-state index in [2.05, 4.69) is 10.6 Å². The first-order valence-corrected chi connectivity index (χ1v) is 7.33. The molecule has 114 valence electrons. The fourth-order valence-electron chi connectivity index (χ4n) is 2.33. The molecule has 0 saturated carbocycles. The number of nitrogens with one attached hydrogen (secondary N) is 2. The lowest BCUT2D eigenvalue weighted by Gasteiger charge is -2.15. The quantitative estimate of drug-likeness (QED) is 0.882. The average molecular weight is 296 g/mol. The first-order valence-electron chi connectivity index (χ1n) is 7.33. The highest BCUT2D eigenvalue weighted by Crippen LogP contribution is 2.22. The number of hydrogen-bond donors (Lipinski definition) is 2. The first kappa shape index (κ1) is 15.8. The van der Waals surface area contributed by atoms with Gasteiger partial charge in [-0.25, -0.2) is 0 Å². The first-order chi connectivity index (χ1) is 10.6. The number of carbonyl (C=O) groups excluding carboxylic acids is 2. The molecule has 0 heterocycles. The van der Waals surface area contributed by atoms with Gasteiger partial charge >= 0.3 is 0 Å². The van der Waals surface area contributed by atoms with Crippen LogP contribution in [0.3, 0.4) is 0 Å². The molecule has 0 aliphatic carbocycles. The monoisotopic (exact) mass is 296 g/mol. The fraction of sp³-hybridized carbons (Fsp3) is 0.222. The molecule has 0 radical (unpaired) electrons. The maximum absolute atomic E-state index is 12.4. The lowest BCUT2D eigenvalue weighted by molar-refractivity contribution is -0.117. The van der Waals surface area contributed by atoms with Crippen molar-refractivity contribution in [3.63, 3.8) is 0 Å². The fourth-order valence-corrected chi connectivity index (χ4v) is 2.33. The van der Waals surface area contributed by atoms with Gasteiger partial charge in [0.05, 0.1) is 5.92 Å². The van der Waals surface area contributed by atoms with Gasteiger partial charge in [-0.2, -0.15) is 0 Å². The van der Waals surface area contributed by atoms with E-state index in [1.54, 1.807) is 24.3 Å². The Labute approximate surface area is 130 Å². The van der Waals surface area contributed by atoms with Crippen LogP contribution in [-0.2, 0) is 9.59 Å². The molecule has 4 nitrogen and oxygen atoms in total. The number of hydrogen-bond acceptors (Lipinski definition) is 2. The Kier molecular flexibility index (Phi) is 5.31. The van der Waals surface area contributed by atoms with Crippen molar-refractivity contribution in [1.29, 1.82) is 0 Å². The summed E-state index contributed by atoms with van der Waals surface area (Å²) in [6.45, 7) is 3.46. The minimum absolute atomic E-state index is 0.0269. The third-order valence-electron chi connectivity index (χ3n) is 3.40. The molecule has 0 fully saturated rings. The van der Waals surface area contributed by atoms with Crippen molar-refractivity contribution in [3.8, 4) is 0 Å².